The lowest BCUT2D eigenvalue weighted by Gasteiger charge is -2.19. The molecule has 3 heterocycles. The van der Waals surface area contributed by atoms with Crippen molar-refractivity contribution in [3.05, 3.63) is 53.2 Å². The topological polar surface area (TPSA) is 91.1 Å². The fraction of sp³-hybridized carbons (Fsp3) is 0.348. The van der Waals surface area contributed by atoms with Gasteiger partial charge >= 0.3 is 0 Å². The van der Waals surface area contributed by atoms with Crippen molar-refractivity contribution >= 4 is 44.7 Å². The van der Waals surface area contributed by atoms with Crippen molar-refractivity contribution in [3.8, 4) is 0 Å². The van der Waals surface area contributed by atoms with E-state index in [1.165, 1.54) is 0 Å². The summed E-state index contributed by atoms with van der Waals surface area (Å²) in [6.07, 6.45) is 3.74. The summed E-state index contributed by atoms with van der Waals surface area (Å²) in [6.45, 7) is 7.33. The fourth-order valence-corrected chi connectivity index (χ4v) is 4.25. The second-order valence-corrected chi connectivity index (χ2v) is 9.54. The summed E-state index contributed by atoms with van der Waals surface area (Å²) >= 11 is 1.59. The van der Waals surface area contributed by atoms with Crippen LogP contribution in [0.2, 0.25) is 0 Å². The van der Waals surface area contributed by atoms with Crippen molar-refractivity contribution in [3.63, 3.8) is 0 Å². The lowest BCUT2D eigenvalue weighted by Crippen LogP contribution is -2.18. The molecule has 3 aromatic heterocycles. The average Bonchev–Trinajstić information content (AvgIpc) is 3.32. The van der Waals surface area contributed by atoms with Crippen LogP contribution < -0.4 is 10.6 Å². The summed E-state index contributed by atoms with van der Waals surface area (Å²) in [7, 11) is 4.08. The first-order valence-corrected chi connectivity index (χ1v) is 11.4. The molecule has 0 aliphatic heterocycles. The molecule has 1 aromatic carbocycles. The first kappa shape index (κ1) is 22.2. The number of likely N-dealkylation sites (N-methyl/N-ethyl adjacent to an activating group) is 1. The SMILES string of the molecule is Cc1csc2nc(Nc3cnn(CCN(C)C)c3)nc(Nc3cccc(C(C)(C)O)c3)c12. The van der Waals surface area contributed by atoms with E-state index in [1.54, 1.807) is 31.4 Å². The number of rotatable bonds is 8. The lowest BCUT2D eigenvalue weighted by molar-refractivity contribution is 0.0786. The molecule has 0 unspecified atom stereocenters. The van der Waals surface area contributed by atoms with Gasteiger partial charge in [0.15, 0.2) is 0 Å². The zero-order valence-corrected chi connectivity index (χ0v) is 19.9. The van der Waals surface area contributed by atoms with Crippen molar-refractivity contribution in [1.82, 2.24) is 24.6 Å². The van der Waals surface area contributed by atoms with E-state index < -0.39 is 5.60 Å². The summed E-state index contributed by atoms with van der Waals surface area (Å²) in [4.78, 5) is 12.5. The minimum atomic E-state index is -0.920. The van der Waals surface area contributed by atoms with Gasteiger partial charge in [-0.25, -0.2) is 4.98 Å². The van der Waals surface area contributed by atoms with E-state index in [-0.39, 0.29) is 0 Å². The third-order valence-corrected chi connectivity index (χ3v) is 6.11. The smallest absolute Gasteiger partial charge is 0.230 e. The highest BCUT2D eigenvalue weighted by molar-refractivity contribution is 7.17. The third-order valence-electron chi connectivity index (χ3n) is 5.11. The molecule has 0 spiro atoms. The summed E-state index contributed by atoms with van der Waals surface area (Å²) < 4.78 is 1.90. The van der Waals surface area contributed by atoms with Crippen LogP contribution in [0.25, 0.3) is 10.2 Å². The number of nitrogens with one attached hydrogen (secondary N) is 2. The molecule has 168 valence electrons. The van der Waals surface area contributed by atoms with E-state index in [9.17, 15) is 5.11 Å². The van der Waals surface area contributed by atoms with Gasteiger partial charge in [-0.05, 0) is 63.5 Å². The summed E-state index contributed by atoms with van der Waals surface area (Å²) in [5.41, 5.74) is 2.73. The Morgan fingerprint density at radius 3 is 2.72 bits per heavy atom. The molecule has 0 amide bonds. The van der Waals surface area contributed by atoms with Gasteiger partial charge in [-0.15, -0.1) is 11.3 Å². The fourth-order valence-electron chi connectivity index (χ4n) is 3.33. The predicted octanol–water partition coefficient (Wildman–Crippen LogP) is 4.47. The molecule has 9 heteroatoms. The summed E-state index contributed by atoms with van der Waals surface area (Å²) in [5, 5.41) is 24.6. The molecule has 0 fully saturated rings. The maximum atomic E-state index is 10.4. The largest absolute Gasteiger partial charge is 0.386 e. The monoisotopic (exact) mass is 451 g/mol. The highest BCUT2D eigenvalue weighted by atomic mass is 32.1. The third kappa shape index (κ3) is 5.07. The van der Waals surface area contributed by atoms with Gasteiger partial charge in [0, 0.05) is 18.4 Å². The van der Waals surface area contributed by atoms with Gasteiger partial charge in [-0.3, -0.25) is 4.68 Å². The number of fused-ring (bicyclic) bond motifs is 1. The zero-order valence-electron chi connectivity index (χ0n) is 19.0. The number of anilines is 4. The van der Waals surface area contributed by atoms with Gasteiger partial charge in [0.2, 0.25) is 5.95 Å². The number of aliphatic hydroxyl groups is 1. The minimum absolute atomic E-state index is 0.507. The molecule has 0 aliphatic rings. The van der Waals surface area contributed by atoms with Crippen LogP contribution in [-0.4, -0.2) is 50.4 Å². The van der Waals surface area contributed by atoms with Crippen molar-refractivity contribution in [1.29, 1.82) is 0 Å². The Labute approximate surface area is 191 Å². The van der Waals surface area contributed by atoms with E-state index >= 15 is 0 Å². The molecule has 4 aromatic rings. The second-order valence-electron chi connectivity index (χ2n) is 8.68. The van der Waals surface area contributed by atoms with Crippen LogP contribution in [0.3, 0.4) is 0 Å². The summed E-state index contributed by atoms with van der Waals surface area (Å²) in [5.74, 6) is 1.23. The van der Waals surface area contributed by atoms with Crippen molar-refractivity contribution in [2.75, 3.05) is 31.3 Å². The van der Waals surface area contributed by atoms with Crippen LogP contribution in [0.15, 0.2) is 42.0 Å². The first-order chi connectivity index (χ1) is 15.2. The van der Waals surface area contributed by atoms with Gasteiger partial charge in [-0.1, -0.05) is 12.1 Å². The quantitative estimate of drug-likeness (QED) is 0.364. The van der Waals surface area contributed by atoms with Crippen molar-refractivity contribution in [2.45, 2.75) is 32.9 Å². The molecule has 0 atom stereocenters. The van der Waals surface area contributed by atoms with Crippen LogP contribution in [0.5, 0.6) is 0 Å². The molecule has 0 saturated carbocycles. The Balaban J connectivity index is 1.63. The highest BCUT2D eigenvalue weighted by Gasteiger charge is 2.17. The molecule has 0 radical (unpaired) electrons. The van der Waals surface area contributed by atoms with Crippen LogP contribution in [0.1, 0.15) is 25.0 Å². The molecule has 0 saturated heterocycles. The summed E-state index contributed by atoms with van der Waals surface area (Å²) in [6, 6.07) is 7.75. The first-order valence-electron chi connectivity index (χ1n) is 10.5. The average molecular weight is 452 g/mol. The van der Waals surface area contributed by atoms with Crippen molar-refractivity contribution in [2.24, 2.45) is 0 Å². The van der Waals surface area contributed by atoms with Gasteiger partial charge in [0.05, 0.1) is 29.4 Å². The number of aryl methyl sites for hydroxylation is 1. The van der Waals surface area contributed by atoms with Gasteiger partial charge in [0.25, 0.3) is 0 Å². The number of hydrogen-bond acceptors (Lipinski definition) is 8. The van der Waals surface area contributed by atoms with Crippen molar-refractivity contribution < 1.29 is 5.11 Å². The van der Waals surface area contributed by atoms with E-state index in [1.807, 2.05) is 49.2 Å². The molecule has 0 bridgehead atoms. The Hall–Kier alpha value is -3.01. The zero-order chi connectivity index (χ0) is 22.9. The molecule has 4 rings (SSSR count). The number of nitrogens with zero attached hydrogens (tertiary/aromatic N) is 5. The van der Waals surface area contributed by atoms with E-state index in [2.05, 4.69) is 32.9 Å². The number of thiophene rings is 1. The number of hydrogen-bond donors (Lipinski definition) is 3. The minimum Gasteiger partial charge on any atom is -0.386 e. The Morgan fingerprint density at radius 1 is 1.16 bits per heavy atom. The number of benzene rings is 1. The normalized spacial score (nSPS) is 12.0. The second kappa shape index (κ2) is 8.85. The molecular formula is C23H29N7OS. The lowest BCUT2D eigenvalue weighted by atomic mass is 9.98. The standard InChI is InChI=1S/C23H29N7OS/c1-15-14-32-21-19(15)20(25-17-8-6-7-16(11-17)23(2,3)31)27-22(28-21)26-18-12-24-30(13-18)10-9-29(4)5/h6-8,11-14,31H,9-10H2,1-5H3,(H2,25,26,27,28). The van der Waals surface area contributed by atoms with Crippen LogP contribution in [0, 0.1) is 6.92 Å². The Kier molecular flexibility index (Phi) is 6.14. The van der Waals surface area contributed by atoms with Gasteiger partial charge < -0.3 is 20.6 Å². The molecule has 0 aliphatic carbocycles. The molecule has 3 N–H and O–H groups in total. The molecule has 8 nitrogen and oxygen atoms in total. The van der Waals surface area contributed by atoms with E-state index in [0.717, 1.165) is 51.6 Å². The maximum absolute atomic E-state index is 10.4. The van der Waals surface area contributed by atoms with Gasteiger partial charge in [0.1, 0.15) is 10.6 Å². The predicted molar refractivity (Wildman–Crippen MR) is 131 cm³/mol. The van der Waals surface area contributed by atoms with Crippen LogP contribution in [-0.2, 0) is 12.1 Å². The molecular weight excluding hydrogens is 422 g/mol. The Morgan fingerprint density at radius 2 is 1.97 bits per heavy atom. The van der Waals surface area contributed by atoms with Crippen LogP contribution in [0.4, 0.5) is 23.1 Å². The maximum Gasteiger partial charge on any atom is 0.230 e. The van der Waals surface area contributed by atoms with Crippen LogP contribution >= 0.6 is 11.3 Å². The van der Waals surface area contributed by atoms with E-state index in [0.29, 0.717) is 5.95 Å². The van der Waals surface area contributed by atoms with Gasteiger partial charge in [-0.2, -0.15) is 10.1 Å². The highest BCUT2D eigenvalue weighted by Crippen LogP contribution is 2.33. The molecule has 32 heavy (non-hydrogen) atoms. The van der Waals surface area contributed by atoms with E-state index in [4.69, 9.17) is 9.97 Å². The number of aromatic nitrogens is 4. The Bertz CT molecular complexity index is 1220.